The van der Waals surface area contributed by atoms with Gasteiger partial charge >= 0.3 is 5.97 Å². The average molecular weight is 297 g/mol. The number of rotatable bonds is 6. The van der Waals surface area contributed by atoms with Gasteiger partial charge in [-0.05, 0) is 25.5 Å². The minimum Gasteiger partial charge on any atom is -0.466 e. The molecule has 112 valence electrons. The van der Waals surface area contributed by atoms with Crippen molar-refractivity contribution in [2.45, 2.75) is 32.7 Å². The molecule has 5 heteroatoms. The van der Waals surface area contributed by atoms with E-state index in [4.69, 9.17) is 9.47 Å². The molecule has 20 heavy (non-hydrogen) atoms. The Morgan fingerprint density at radius 2 is 2.15 bits per heavy atom. The molecule has 0 aliphatic carbocycles. The van der Waals surface area contributed by atoms with Gasteiger partial charge in [-0.15, -0.1) is 11.3 Å². The summed E-state index contributed by atoms with van der Waals surface area (Å²) in [5.74, 6) is -0.115. The van der Waals surface area contributed by atoms with Crippen molar-refractivity contribution in [2.24, 2.45) is 0 Å². The Morgan fingerprint density at radius 3 is 2.75 bits per heavy atom. The van der Waals surface area contributed by atoms with Crippen LogP contribution in [-0.2, 0) is 20.7 Å². The molecule has 0 amide bonds. The summed E-state index contributed by atoms with van der Waals surface area (Å²) in [6.07, 6.45) is 1.47. The van der Waals surface area contributed by atoms with Gasteiger partial charge in [0.15, 0.2) is 0 Å². The number of carbonyl (C=O) groups excluding carboxylic acids is 1. The molecule has 0 bridgehead atoms. The van der Waals surface area contributed by atoms with Gasteiger partial charge in [-0.3, -0.25) is 9.69 Å². The number of esters is 1. The summed E-state index contributed by atoms with van der Waals surface area (Å²) in [4.78, 5) is 16.8. The van der Waals surface area contributed by atoms with Crippen LogP contribution < -0.4 is 0 Å². The Balaban J connectivity index is 2.11. The molecule has 1 atom stereocenters. The first-order valence-corrected chi connectivity index (χ1v) is 8.12. The van der Waals surface area contributed by atoms with E-state index in [-0.39, 0.29) is 12.0 Å². The van der Waals surface area contributed by atoms with Crippen LogP contribution in [0.1, 0.15) is 36.1 Å². The van der Waals surface area contributed by atoms with E-state index in [0.717, 1.165) is 32.7 Å². The van der Waals surface area contributed by atoms with Crippen LogP contribution in [0.2, 0.25) is 0 Å². The predicted octanol–water partition coefficient (Wildman–Crippen LogP) is 2.64. The number of hydrogen-bond donors (Lipinski definition) is 0. The van der Waals surface area contributed by atoms with E-state index < -0.39 is 0 Å². The first kappa shape index (κ1) is 15.5. The van der Waals surface area contributed by atoms with E-state index in [0.29, 0.717) is 13.0 Å². The molecule has 0 saturated carbocycles. The molecule has 4 nitrogen and oxygen atoms in total. The molecule has 2 rings (SSSR count). The predicted molar refractivity (Wildman–Crippen MR) is 80.1 cm³/mol. The normalized spacial score (nSPS) is 17.9. The average Bonchev–Trinajstić information content (AvgIpc) is 2.95. The van der Waals surface area contributed by atoms with Crippen molar-refractivity contribution in [3.8, 4) is 0 Å². The molecular formula is C15H23NO3S. The highest BCUT2D eigenvalue weighted by atomic mass is 32.1. The molecule has 1 aromatic heterocycles. The summed E-state index contributed by atoms with van der Waals surface area (Å²) in [5.41, 5.74) is 0. The van der Waals surface area contributed by atoms with Crippen molar-refractivity contribution < 1.29 is 14.3 Å². The highest BCUT2D eigenvalue weighted by molar-refractivity contribution is 7.12. The van der Waals surface area contributed by atoms with Gasteiger partial charge in [0.05, 0.1) is 32.3 Å². The van der Waals surface area contributed by atoms with Crippen LogP contribution in [0.15, 0.2) is 12.1 Å². The van der Waals surface area contributed by atoms with E-state index in [1.165, 1.54) is 9.75 Å². The maximum absolute atomic E-state index is 11.9. The molecule has 0 aromatic carbocycles. The van der Waals surface area contributed by atoms with Crippen LogP contribution in [0, 0.1) is 0 Å². The highest BCUT2D eigenvalue weighted by Gasteiger charge is 2.26. The molecule has 1 saturated heterocycles. The molecule has 2 heterocycles. The van der Waals surface area contributed by atoms with Gasteiger partial charge in [-0.25, -0.2) is 0 Å². The molecule has 1 fully saturated rings. The molecule has 1 aliphatic heterocycles. The number of thiophene rings is 1. The number of aryl methyl sites for hydroxylation is 1. The van der Waals surface area contributed by atoms with Crippen LogP contribution >= 0.6 is 11.3 Å². The number of ether oxygens (including phenoxy) is 2. The second-order valence-electron chi connectivity index (χ2n) is 4.83. The topological polar surface area (TPSA) is 38.8 Å². The zero-order chi connectivity index (χ0) is 14.4. The summed E-state index contributed by atoms with van der Waals surface area (Å²) >= 11 is 1.80. The minimum absolute atomic E-state index is 0.115. The van der Waals surface area contributed by atoms with E-state index in [1.807, 2.05) is 6.92 Å². The Hall–Kier alpha value is -0.910. The first-order chi connectivity index (χ1) is 9.74. The zero-order valence-electron chi connectivity index (χ0n) is 12.3. The van der Waals surface area contributed by atoms with Crippen LogP contribution in [-0.4, -0.2) is 43.8 Å². The number of hydrogen-bond acceptors (Lipinski definition) is 5. The Labute approximate surface area is 124 Å². The molecule has 1 unspecified atom stereocenters. The van der Waals surface area contributed by atoms with Crippen molar-refractivity contribution in [1.82, 2.24) is 4.90 Å². The fourth-order valence-corrected chi connectivity index (χ4v) is 3.53. The van der Waals surface area contributed by atoms with Crippen molar-refractivity contribution in [3.05, 3.63) is 21.9 Å². The van der Waals surface area contributed by atoms with Gasteiger partial charge in [0.2, 0.25) is 0 Å². The van der Waals surface area contributed by atoms with Crippen LogP contribution in [0.25, 0.3) is 0 Å². The van der Waals surface area contributed by atoms with E-state index in [9.17, 15) is 4.79 Å². The van der Waals surface area contributed by atoms with Crippen LogP contribution in [0.3, 0.4) is 0 Å². The second kappa shape index (κ2) is 7.76. The smallest absolute Gasteiger partial charge is 0.307 e. The minimum atomic E-state index is -0.115. The third kappa shape index (κ3) is 4.04. The maximum Gasteiger partial charge on any atom is 0.307 e. The molecule has 0 spiro atoms. The van der Waals surface area contributed by atoms with Crippen LogP contribution in [0.4, 0.5) is 0 Å². The summed E-state index contributed by atoms with van der Waals surface area (Å²) in [7, 11) is 0. The SMILES string of the molecule is CCOC(=O)CC(c1ccc(CC)s1)N1CCOCC1. The summed E-state index contributed by atoms with van der Waals surface area (Å²) < 4.78 is 10.5. The van der Waals surface area contributed by atoms with Crippen molar-refractivity contribution in [2.75, 3.05) is 32.9 Å². The van der Waals surface area contributed by atoms with E-state index in [1.54, 1.807) is 11.3 Å². The van der Waals surface area contributed by atoms with Crippen molar-refractivity contribution in [3.63, 3.8) is 0 Å². The molecule has 1 aromatic rings. The summed E-state index contributed by atoms with van der Waals surface area (Å²) in [5, 5.41) is 0. The Morgan fingerprint density at radius 1 is 1.40 bits per heavy atom. The third-order valence-corrected chi connectivity index (χ3v) is 4.84. The zero-order valence-corrected chi connectivity index (χ0v) is 13.1. The Bertz CT molecular complexity index is 427. The first-order valence-electron chi connectivity index (χ1n) is 7.30. The lowest BCUT2D eigenvalue weighted by atomic mass is 10.1. The second-order valence-corrected chi connectivity index (χ2v) is 6.03. The molecule has 0 radical (unpaired) electrons. The third-order valence-electron chi connectivity index (χ3n) is 3.51. The summed E-state index contributed by atoms with van der Waals surface area (Å²) in [6.45, 7) is 7.69. The number of carbonyl (C=O) groups is 1. The monoisotopic (exact) mass is 297 g/mol. The standard InChI is InChI=1S/C15H23NO3S/c1-3-12-5-6-14(20-12)13(11-15(17)19-4-2)16-7-9-18-10-8-16/h5-6,13H,3-4,7-11H2,1-2H3. The molecular weight excluding hydrogens is 274 g/mol. The molecule has 0 N–H and O–H groups in total. The van der Waals surface area contributed by atoms with E-state index >= 15 is 0 Å². The van der Waals surface area contributed by atoms with Crippen LogP contribution in [0.5, 0.6) is 0 Å². The van der Waals surface area contributed by atoms with Gasteiger partial charge in [0, 0.05) is 22.8 Å². The fraction of sp³-hybridized carbons (Fsp3) is 0.667. The van der Waals surface area contributed by atoms with Gasteiger partial charge in [0.1, 0.15) is 0 Å². The fourth-order valence-electron chi connectivity index (χ4n) is 2.44. The van der Waals surface area contributed by atoms with Gasteiger partial charge in [-0.2, -0.15) is 0 Å². The van der Waals surface area contributed by atoms with Gasteiger partial charge in [-0.1, -0.05) is 6.92 Å². The maximum atomic E-state index is 11.9. The van der Waals surface area contributed by atoms with E-state index in [2.05, 4.69) is 24.0 Å². The number of morpholine rings is 1. The van der Waals surface area contributed by atoms with Crippen molar-refractivity contribution >= 4 is 17.3 Å². The highest BCUT2D eigenvalue weighted by Crippen LogP contribution is 2.31. The van der Waals surface area contributed by atoms with Gasteiger partial charge < -0.3 is 9.47 Å². The quantitative estimate of drug-likeness (QED) is 0.757. The van der Waals surface area contributed by atoms with Crippen molar-refractivity contribution in [1.29, 1.82) is 0 Å². The molecule has 1 aliphatic rings. The van der Waals surface area contributed by atoms with Gasteiger partial charge in [0.25, 0.3) is 0 Å². The number of nitrogens with zero attached hydrogens (tertiary/aromatic N) is 1. The Kier molecular flexibility index (Phi) is 6.01. The lowest BCUT2D eigenvalue weighted by Crippen LogP contribution is -2.39. The lowest BCUT2D eigenvalue weighted by Gasteiger charge is -2.33. The lowest BCUT2D eigenvalue weighted by molar-refractivity contribution is -0.145. The largest absolute Gasteiger partial charge is 0.466 e. The summed E-state index contributed by atoms with van der Waals surface area (Å²) in [6, 6.07) is 4.45.